The lowest BCUT2D eigenvalue weighted by molar-refractivity contribution is 0.123. The van der Waals surface area contributed by atoms with E-state index in [1.807, 2.05) is 0 Å². The lowest BCUT2D eigenvalue weighted by Gasteiger charge is -2.38. The van der Waals surface area contributed by atoms with E-state index in [1.165, 1.54) is 71.0 Å². The van der Waals surface area contributed by atoms with Crippen LogP contribution in [0.3, 0.4) is 0 Å². The van der Waals surface area contributed by atoms with Gasteiger partial charge in [-0.25, -0.2) is 0 Å². The summed E-state index contributed by atoms with van der Waals surface area (Å²) in [6.45, 7) is 8.80. The molecule has 0 saturated heterocycles. The molecule has 3 fully saturated rings. The van der Waals surface area contributed by atoms with Crippen molar-refractivity contribution in [2.45, 2.75) is 77.3 Å². The van der Waals surface area contributed by atoms with Crippen molar-refractivity contribution in [2.75, 3.05) is 19.6 Å². The minimum atomic E-state index is 0.528. The van der Waals surface area contributed by atoms with E-state index in [1.54, 1.807) is 0 Å². The van der Waals surface area contributed by atoms with Gasteiger partial charge in [0.1, 0.15) is 0 Å². The van der Waals surface area contributed by atoms with Crippen molar-refractivity contribution in [3.8, 4) is 0 Å². The Morgan fingerprint density at radius 2 is 1.68 bits per heavy atom. The van der Waals surface area contributed by atoms with Crippen molar-refractivity contribution < 1.29 is 0 Å². The third-order valence-corrected chi connectivity index (χ3v) is 5.63. The van der Waals surface area contributed by atoms with Gasteiger partial charge < -0.3 is 5.32 Å². The molecule has 0 bridgehead atoms. The van der Waals surface area contributed by atoms with Crippen LogP contribution in [-0.4, -0.2) is 36.6 Å². The number of hydrogen-bond donors (Lipinski definition) is 1. The highest BCUT2D eigenvalue weighted by molar-refractivity contribution is 4.94. The normalized spacial score (nSPS) is 24.2. The maximum Gasteiger partial charge on any atom is 0.00967 e. The van der Waals surface area contributed by atoms with E-state index in [-0.39, 0.29) is 0 Å². The molecule has 0 aromatic heterocycles. The Bertz CT molecular complexity index is 286. The molecule has 0 radical (unpaired) electrons. The fraction of sp³-hybridized carbons (Fsp3) is 1.00. The van der Waals surface area contributed by atoms with E-state index in [4.69, 9.17) is 0 Å². The first-order valence-corrected chi connectivity index (χ1v) is 8.72. The number of nitrogens with zero attached hydrogens (tertiary/aromatic N) is 1. The van der Waals surface area contributed by atoms with Gasteiger partial charge in [0.15, 0.2) is 0 Å². The molecule has 3 saturated carbocycles. The molecule has 3 aliphatic rings. The average molecular weight is 264 g/mol. The molecule has 3 rings (SSSR count). The molecule has 0 atom stereocenters. The van der Waals surface area contributed by atoms with Crippen LogP contribution in [0.25, 0.3) is 0 Å². The van der Waals surface area contributed by atoms with Crippen LogP contribution >= 0.6 is 0 Å². The van der Waals surface area contributed by atoms with E-state index >= 15 is 0 Å². The Morgan fingerprint density at radius 1 is 1.00 bits per heavy atom. The molecular formula is C17H32N2. The summed E-state index contributed by atoms with van der Waals surface area (Å²) in [4.78, 5) is 2.86. The number of hydrogen-bond acceptors (Lipinski definition) is 2. The maximum atomic E-state index is 3.81. The van der Waals surface area contributed by atoms with Crippen LogP contribution in [0.2, 0.25) is 0 Å². The molecule has 0 heterocycles. The number of nitrogens with one attached hydrogen (secondary N) is 1. The van der Waals surface area contributed by atoms with Gasteiger partial charge in [0.25, 0.3) is 0 Å². The van der Waals surface area contributed by atoms with Crippen LogP contribution in [0, 0.1) is 11.3 Å². The van der Waals surface area contributed by atoms with E-state index in [2.05, 4.69) is 24.1 Å². The molecule has 3 aliphatic carbocycles. The second-order valence-electron chi connectivity index (χ2n) is 7.47. The van der Waals surface area contributed by atoms with Gasteiger partial charge in [-0.3, -0.25) is 4.90 Å². The summed E-state index contributed by atoms with van der Waals surface area (Å²) in [6.07, 6.45) is 11.4. The Morgan fingerprint density at radius 3 is 2.16 bits per heavy atom. The predicted octanol–water partition coefficient (Wildman–Crippen LogP) is 3.42. The zero-order valence-electron chi connectivity index (χ0n) is 13.0. The van der Waals surface area contributed by atoms with Crippen LogP contribution in [0.4, 0.5) is 0 Å². The Balaban J connectivity index is 1.56. The van der Waals surface area contributed by atoms with Gasteiger partial charge in [-0.15, -0.1) is 0 Å². The maximum absolute atomic E-state index is 3.81. The molecule has 0 aromatic carbocycles. The van der Waals surface area contributed by atoms with Gasteiger partial charge in [0, 0.05) is 31.7 Å². The molecule has 2 heteroatoms. The van der Waals surface area contributed by atoms with Gasteiger partial charge in [-0.05, 0) is 62.7 Å². The van der Waals surface area contributed by atoms with Crippen molar-refractivity contribution in [1.29, 1.82) is 0 Å². The summed E-state index contributed by atoms with van der Waals surface area (Å²) in [5.41, 5.74) is 0.528. The highest BCUT2D eigenvalue weighted by atomic mass is 15.2. The monoisotopic (exact) mass is 264 g/mol. The highest BCUT2D eigenvalue weighted by Crippen LogP contribution is 2.38. The summed E-state index contributed by atoms with van der Waals surface area (Å²) in [5.74, 6) is 1.04. The van der Waals surface area contributed by atoms with Gasteiger partial charge in [-0.1, -0.05) is 13.8 Å². The van der Waals surface area contributed by atoms with Gasteiger partial charge >= 0.3 is 0 Å². The largest absolute Gasteiger partial charge is 0.313 e. The van der Waals surface area contributed by atoms with Crippen molar-refractivity contribution in [3.63, 3.8) is 0 Å². The van der Waals surface area contributed by atoms with Gasteiger partial charge in [-0.2, -0.15) is 0 Å². The van der Waals surface area contributed by atoms with Crippen LogP contribution in [-0.2, 0) is 0 Å². The van der Waals surface area contributed by atoms with E-state index in [9.17, 15) is 0 Å². The third kappa shape index (κ3) is 3.95. The molecule has 2 nitrogen and oxygen atoms in total. The average Bonchev–Trinajstić information content (AvgIpc) is 3.30. The first kappa shape index (κ1) is 13.9. The van der Waals surface area contributed by atoms with Crippen molar-refractivity contribution in [2.24, 2.45) is 11.3 Å². The topological polar surface area (TPSA) is 15.3 Å². The molecule has 110 valence electrons. The van der Waals surface area contributed by atoms with Gasteiger partial charge in [0.2, 0.25) is 0 Å². The zero-order chi connectivity index (χ0) is 13.3. The minimum absolute atomic E-state index is 0.528. The molecule has 0 aromatic rings. The zero-order valence-corrected chi connectivity index (χ0v) is 13.0. The summed E-state index contributed by atoms with van der Waals surface area (Å²) in [6, 6.07) is 1.80. The highest BCUT2D eigenvalue weighted by Gasteiger charge is 2.39. The smallest absolute Gasteiger partial charge is 0.00967 e. The van der Waals surface area contributed by atoms with Gasteiger partial charge in [0.05, 0.1) is 0 Å². The third-order valence-electron chi connectivity index (χ3n) is 5.63. The summed E-state index contributed by atoms with van der Waals surface area (Å²) in [5, 5.41) is 3.81. The molecular weight excluding hydrogens is 232 g/mol. The first-order chi connectivity index (χ1) is 9.24. The van der Waals surface area contributed by atoms with Crippen molar-refractivity contribution in [1.82, 2.24) is 10.2 Å². The Labute approximate surface area is 119 Å². The SMILES string of the molecule is CCC(CC)(CNC1CC1)CN(CC1CC1)C1CC1. The quantitative estimate of drug-likeness (QED) is 0.650. The van der Waals surface area contributed by atoms with Crippen molar-refractivity contribution in [3.05, 3.63) is 0 Å². The number of rotatable bonds is 10. The standard InChI is InChI=1S/C17H32N2/c1-3-17(4-2,12-18-15-7-8-15)13-19(16-9-10-16)11-14-5-6-14/h14-16,18H,3-13H2,1-2H3. The summed E-state index contributed by atoms with van der Waals surface area (Å²) in [7, 11) is 0. The summed E-state index contributed by atoms with van der Waals surface area (Å²) < 4.78 is 0. The predicted molar refractivity (Wildman–Crippen MR) is 81.4 cm³/mol. The molecule has 1 N–H and O–H groups in total. The molecule has 0 amide bonds. The van der Waals surface area contributed by atoms with Crippen molar-refractivity contribution >= 4 is 0 Å². The molecule has 0 unspecified atom stereocenters. The molecule has 0 aliphatic heterocycles. The second-order valence-corrected chi connectivity index (χ2v) is 7.47. The first-order valence-electron chi connectivity index (χ1n) is 8.72. The lowest BCUT2D eigenvalue weighted by atomic mass is 9.81. The fourth-order valence-corrected chi connectivity index (χ4v) is 3.27. The molecule has 19 heavy (non-hydrogen) atoms. The second kappa shape index (κ2) is 5.73. The van der Waals surface area contributed by atoms with Crippen LogP contribution in [0.15, 0.2) is 0 Å². The van der Waals surface area contributed by atoms with Crippen LogP contribution in [0.5, 0.6) is 0 Å². The van der Waals surface area contributed by atoms with E-state index in [0.29, 0.717) is 5.41 Å². The minimum Gasteiger partial charge on any atom is -0.313 e. The van der Waals surface area contributed by atoms with Crippen LogP contribution < -0.4 is 5.32 Å². The van der Waals surface area contributed by atoms with E-state index in [0.717, 1.165) is 18.0 Å². The Kier molecular flexibility index (Phi) is 4.19. The lowest BCUT2D eigenvalue weighted by Crippen LogP contribution is -2.45. The van der Waals surface area contributed by atoms with Crippen LogP contribution in [0.1, 0.15) is 65.2 Å². The Hall–Kier alpha value is -0.0800. The van der Waals surface area contributed by atoms with E-state index < -0.39 is 0 Å². The fourth-order valence-electron chi connectivity index (χ4n) is 3.27. The molecule has 0 spiro atoms. The summed E-state index contributed by atoms with van der Waals surface area (Å²) >= 11 is 0.